The minimum Gasteiger partial charge on any atom is -0.483 e. The number of carbonyl (C=O) groups is 1. The lowest BCUT2D eigenvalue weighted by molar-refractivity contribution is -0.118. The van der Waals surface area contributed by atoms with E-state index >= 15 is 0 Å². The molecule has 0 saturated heterocycles. The Kier molecular flexibility index (Phi) is 4.48. The lowest BCUT2D eigenvalue weighted by Gasteiger charge is -2.10. The van der Waals surface area contributed by atoms with Crippen molar-refractivity contribution in [3.63, 3.8) is 0 Å². The number of hydrogen-bond acceptors (Lipinski definition) is 3. The summed E-state index contributed by atoms with van der Waals surface area (Å²) in [6.07, 6.45) is 0. The first-order valence-electron chi connectivity index (χ1n) is 6.09. The smallest absolute Gasteiger partial charge is 0.262 e. The molecule has 0 spiro atoms. The van der Waals surface area contributed by atoms with Gasteiger partial charge in [0.25, 0.3) is 5.91 Å². The van der Waals surface area contributed by atoms with E-state index in [1.54, 1.807) is 18.2 Å². The minimum absolute atomic E-state index is 0.0778. The molecule has 0 aliphatic heterocycles. The third-order valence-corrected chi connectivity index (χ3v) is 3.03. The molecule has 0 saturated carbocycles. The van der Waals surface area contributed by atoms with Crippen molar-refractivity contribution in [2.45, 2.75) is 6.92 Å². The van der Waals surface area contributed by atoms with Crippen LogP contribution >= 0.6 is 11.6 Å². The first-order chi connectivity index (χ1) is 9.56. The van der Waals surface area contributed by atoms with Crippen LogP contribution in [-0.2, 0) is 4.79 Å². The zero-order valence-electron chi connectivity index (χ0n) is 11.0. The Morgan fingerprint density at radius 2 is 2.05 bits per heavy atom. The van der Waals surface area contributed by atoms with Crippen molar-refractivity contribution in [2.75, 3.05) is 17.7 Å². The van der Waals surface area contributed by atoms with Crippen LogP contribution in [0.15, 0.2) is 42.5 Å². The normalized spacial score (nSPS) is 10.1. The fourth-order valence-corrected chi connectivity index (χ4v) is 1.92. The van der Waals surface area contributed by atoms with Gasteiger partial charge in [-0.1, -0.05) is 29.8 Å². The number of aryl methyl sites for hydroxylation is 1. The van der Waals surface area contributed by atoms with Crippen LogP contribution in [-0.4, -0.2) is 12.5 Å². The van der Waals surface area contributed by atoms with Crippen molar-refractivity contribution >= 4 is 28.9 Å². The van der Waals surface area contributed by atoms with Gasteiger partial charge in [0.2, 0.25) is 0 Å². The molecule has 104 valence electrons. The van der Waals surface area contributed by atoms with Crippen LogP contribution in [0, 0.1) is 6.92 Å². The summed E-state index contributed by atoms with van der Waals surface area (Å²) in [7, 11) is 0. The topological polar surface area (TPSA) is 64.3 Å². The standard InChI is InChI=1S/C15H15ClN2O2/c1-10-4-2-3-5-14(10)20-9-15(19)18-13-7-6-11(17)8-12(13)16/h2-8H,9,17H2,1H3,(H,18,19). The summed E-state index contributed by atoms with van der Waals surface area (Å²) in [5.74, 6) is 0.408. The number of halogens is 1. The van der Waals surface area contributed by atoms with Crippen molar-refractivity contribution in [1.82, 2.24) is 0 Å². The van der Waals surface area contributed by atoms with E-state index < -0.39 is 0 Å². The molecule has 0 fully saturated rings. The van der Waals surface area contributed by atoms with E-state index in [0.29, 0.717) is 22.1 Å². The van der Waals surface area contributed by atoms with E-state index in [2.05, 4.69) is 5.32 Å². The highest BCUT2D eigenvalue weighted by atomic mass is 35.5. The molecule has 1 amide bonds. The summed E-state index contributed by atoms with van der Waals surface area (Å²) in [6, 6.07) is 12.4. The summed E-state index contributed by atoms with van der Waals surface area (Å²) in [4.78, 5) is 11.8. The second-order valence-electron chi connectivity index (χ2n) is 4.34. The second-order valence-corrected chi connectivity index (χ2v) is 4.75. The van der Waals surface area contributed by atoms with Crippen molar-refractivity contribution in [1.29, 1.82) is 0 Å². The Labute approximate surface area is 122 Å². The minimum atomic E-state index is -0.278. The molecule has 3 N–H and O–H groups in total. The van der Waals surface area contributed by atoms with E-state index in [-0.39, 0.29) is 12.5 Å². The second kappa shape index (κ2) is 6.30. The maximum Gasteiger partial charge on any atom is 0.262 e. The molecule has 2 aromatic rings. The zero-order valence-corrected chi connectivity index (χ0v) is 11.8. The number of hydrogen-bond donors (Lipinski definition) is 2. The molecular weight excluding hydrogens is 276 g/mol. The molecule has 2 rings (SSSR count). The van der Waals surface area contributed by atoms with Crippen LogP contribution in [0.5, 0.6) is 5.75 Å². The number of anilines is 2. The summed E-state index contributed by atoms with van der Waals surface area (Å²) in [5.41, 5.74) is 7.62. The quantitative estimate of drug-likeness (QED) is 0.850. The van der Waals surface area contributed by atoms with Crippen LogP contribution in [0.3, 0.4) is 0 Å². The number of nitrogens with two attached hydrogens (primary N) is 1. The van der Waals surface area contributed by atoms with Crippen molar-refractivity contribution < 1.29 is 9.53 Å². The summed E-state index contributed by atoms with van der Waals surface area (Å²) in [5, 5.41) is 3.07. The number of ether oxygens (including phenoxy) is 1. The molecule has 0 heterocycles. The Morgan fingerprint density at radius 3 is 2.75 bits per heavy atom. The van der Waals surface area contributed by atoms with Crippen molar-refractivity contribution in [2.24, 2.45) is 0 Å². The average molecular weight is 291 g/mol. The monoisotopic (exact) mass is 290 g/mol. The Morgan fingerprint density at radius 1 is 1.30 bits per heavy atom. The number of rotatable bonds is 4. The van der Waals surface area contributed by atoms with E-state index in [0.717, 1.165) is 5.56 Å². The molecule has 0 aliphatic carbocycles. The van der Waals surface area contributed by atoms with Gasteiger partial charge in [0.05, 0.1) is 10.7 Å². The molecule has 4 nitrogen and oxygen atoms in total. The molecule has 0 aromatic heterocycles. The van der Waals surface area contributed by atoms with Gasteiger partial charge in [-0.25, -0.2) is 0 Å². The van der Waals surface area contributed by atoms with Crippen LogP contribution < -0.4 is 15.8 Å². The predicted octanol–water partition coefficient (Wildman–Crippen LogP) is 3.25. The summed E-state index contributed by atoms with van der Waals surface area (Å²) >= 11 is 5.98. The van der Waals surface area contributed by atoms with Gasteiger partial charge in [-0.3, -0.25) is 4.79 Å². The highest BCUT2D eigenvalue weighted by molar-refractivity contribution is 6.34. The van der Waals surface area contributed by atoms with Gasteiger partial charge in [0, 0.05) is 5.69 Å². The third kappa shape index (κ3) is 3.65. The van der Waals surface area contributed by atoms with E-state index in [1.807, 2.05) is 31.2 Å². The number of carbonyl (C=O) groups excluding carboxylic acids is 1. The first-order valence-corrected chi connectivity index (χ1v) is 6.47. The number of benzene rings is 2. The molecule has 0 aliphatic rings. The number of para-hydroxylation sites is 1. The SMILES string of the molecule is Cc1ccccc1OCC(=O)Nc1ccc(N)cc1Cl. The Hall–Kier alpha value is -2.20. The van der Waals surface area contributed by atoms with Gasteiger partial charge >= 0.3 is 0 Å². The van der Waals surface area contributed by atoms with E-state index in [9.17, 15) is 4.79 Å². The molecule has 5 heteroatoms. The van der Waals surface area contributed by atoms with Gasteiger partial charge in [0.1, 0.15) is 5.75 Å². The summed E-state index contributed by atoms with van der Waals surface area (Å²) < 4.78 is 5.45. The van der Waals surface area contributed by atoms with Crippen LogP contribution in [0.1, 0.15) is 5.56 Å². The van der Waals surface area contributed by atoms with E-state index in [4.69, 9.17) is 22.1 Å². The summed E-state index contributed by atoms with van der Waals surface area (Å²) in [6.45, 7) is 1.84. The number of nitrogens with one attached hydrogen (secondary N) is 1. The van der Waals surface area contributed by atoms with E-state index in [1.165, 1.54) is 0 Å². The number of nitrogen functional groups attached to an aromatic ring is 1. The van der Waals surface area contributed by atoms with Crippen molar-refractivity contribution in [3.8, 4) is 5.75 Å². The largest absolute Gasteiger partial charge is 0.483 e. The Bertz CT molecular complexity index is 629. The molecule has 0 radical (unpaired) electrons. The molecule has 20 heavy (non-hydrogen) atoms. The van der Waals surface area contributed by atoms with Crippen LogP contribution in [0.2, 0.25) is 5.02 Å². The Balaban J connectivity index is 1.94. The zero-order chi connectivity index (χ0) is 14.5. The average Bonchev–Trinajstić information content (AvgIpc) is 2.41. The third-order valence-electron chi connectivity index (χ3n) is 2.72. The van der Waals surface area contributed by atoms with Gasteiger partial charge in [-0.2, -0.15) is 0 Å². The molecule has 0 bridgehead atoms. The van der Waals surface area contributed by atoms with Gasteiger partial charge in [0.15, 0.2) is 6.61 Å². The maximum atomic E-state index is 11.8. The fraction of sp³-hybridized carbons (Fsp3) is 0.133. The van der Waals surface area contributed by atoms with Crippen molar-refractivity contribution in [3.05, 3.63) is 53.1 Å². The van der Waals surface area contributed by atoms with Crippen LogP contribution in [0.25, 0.3) is 0 Å². The highest BCUT2D eigenvalue weighted by Gasteiger charge is 2.07. The predicted molar refractivity (Wildman–Crippen MR) is 81.2 cm³/mol. The van der Waals surface area contributed by atoms with Gasteiger partial charge in [-0.15, -0.1) is 0 Å². The van der Waals surface area contributed by atoms with Gasteiger partial charge < -0.3 is 15.8 Å². The highest BCUT2D eigenvalue weighted by Crippen LogP contribution is 2.24. The number of amides is 1. The fourth-order valence-electron chi connectivity index (χ4n) is 1.68. The molecule has 0 unspecified atom stereocenters. The maximum absolute atomic E-state index is 11.8. The molecule has 2 aromatic carbocycles. The molecule has 0 atom stereocenters. The lowest BCUT2D eigenvalue weighted by atomic mass is 10.2. The van der Waals surface area contributed by atoms with Gasteiger partial charge in [-0.05, 0) is 36.8 Å². The lowest BCUT2D eigenvalue weighted by Crippen LogP contribution is -2.20. The molecular formula is C15H15ClN2O2. The van der Waals surface area contributed by atoms with Crippen LogP contribution in [0.4, 0.5) is 11.4 Å². The first kappa shape index (κ1) is 14.2.